The third-order valence-electron chi connectivity index (χ3n) is 2.76. The first kappa shape index (κ1) is 13.7. The Morgan fingerprint density at radius 3 is 2.67 bits per heavy atom. The molecule has 1 aliphatic rings. The summed E-state index contributed by atoms with van der Waals surface area (Å²) in [6.07, 6.45) is 1.90. The molecule has 0 amide bonds. The number of aliphatic imine (C=N–C) groups is 1. The normalized spacial score (nSPS) is 17.3. The Hall–Kier alpha value is -0.760. The van der Waals surface area contributed by atoms with E-state index in [9.17, 15) is 0 Å². The van der Waals surface area contributed by atoms with Crippen LogP contribution in [0.1, 0.15) is 19.4 Å². The van der Waals surface area contributed by atoms with Crippen LogP contribution in [0.15, 0.2) is 23.3 Å². The standard InChI is InChI=1S/C12H15IN4S/c1-12(2)10(15-11(18)16-12)17(3)7-8-4-5-9(13)14-6-8/h4-6H,7H2,1-3H3,(H,16,18). The van der Waals surface area contributed by atoms with Gasteiger partial charge in [-0.1, -0.05) is 6.07 Å². The lowest BCUT2D eigenvalue weighted by Gasteiger charge is -2.28. The Bertz CT molecular complexity index is 495. The Kier molecular flexibility index (Phi) is 3.86. The molecule has 1 aromatic heterocycles. The van der Waals surface area contributed by atoms with Gasteiger partial charge in [-0.3, -0.25) is 0 Å². The van der Waals surface area contributed by atoms with Gasteiger partial charge in [-0.2, -0.15) is 0 Å². The SMILES string of the molecule is CN(Cc1ccc(I)nc1)C1=NC(=S)NC1(C)C. The fraction of sp³-hybridized carbons (Fsp3) is 0.417. The maximum atomic E-state index is 5.11. The number of nitrogens with zero attached hydrogens (tertiary/aromatic N) is 3. The second-order valence-corrected chi connectivity index (χ2v) is 6.33. The quantitative estimate of drug-likeness (QED) is 0.490. The molecule has 0 fully saturated rings. The van der Waals surface area contributed by atoms with Crippen molar-refractivity contribution in [1.29, 1.82) is 0 Å². The summed E-state index contributed by atoms with van der Waals surface area (Å²) >= 11 is 7.31. The topological polar surface area (TPSA) is 40.5 Å². The largest absolute Gasteiger partial charge is 0.357 e. The van der Waals surface area contributed by atoms with Crippen LogP contribution in [0.5, 0.6) is 0 Å². The van der Waals surface area contributed by atoms with Crippen molar-refractivity contribution in [3.05, 3.63) is 27.6 Å². The molecule has 1 aliphatic heterocycles. The molecule has 0 radical (unpaired) electrons. The highest BCUT2D eigenvalue weighted by atomic mass is 127. The van der Waals surface area contributed by atoms with E-state index in [1.54, 1.807) is 0 Å². The predicted octanol–water partition coefficient (Wildman–Crippen LogP) is 2.18. The van der Waals surface area contributed by atoms with Crippen LogP contribution in [-0.2, 0) is 6.54 Å². The van der Waals surface area contributed by atoms with Gasteiger partial charge in [0.1, 0.15) is 9.54 Å². The molecule has 0 spiro atoms. The summed E-state index contributed by atoms with van der Waals surface area (Å²) in [5.41, 5.74) is 0.955. The van der Waals surface area contributed by atoms with Gasteiger partial charge >= 0.3 is 0 Å². The average Bonchev–Trinajstić information content (AvgIpc) is 2.55. The van der Waals surface area contributed by atoms with Crippen molar-refractivity contribution in [3.63, 3.8) is 0 Å². The number of nitrogens with one attached hydrogen (secondary N) is 1. The minimum atomic E-state index is -0.206. The van der Waals surface area contributed by atoms with Crippen LogP contribution in [0.3, 0.4) is 0 Å². The number of amidine groups is 1. The van der Waals surface area contributed by atoms with E-state index < -0.39 is 0 Å². The van der Waals surface area contributed by atoms with E-state index >= 15 is 0 Å². The van der Waals surface area contributed by atoms with Gasteiger partial charge in [0.05, 0.1) is 5.54 Å². The summed E-state index contributed by atoms with van der Waals surface area (Å²) in [4.78, 5) is 10.8. The first-order valence-corrected chi connectivity index (χ1v) is 7.10. The van der Waals surface area contributed by atoms with E-state index in [0.29, 0.717) is 5.11 Å². The lowest BCUT2D eigenvalue weighted by molar-refractivity contribution is 0.449. The molecule has 2 heterocycles. The Morgan fingerprint density at radius 2 is 2.17 bits per heavy atom. The summed E-state index contributed by atoms with van der Waals surface area (Å²) in [7, 11) is 2.02. The van der Waals surface area contributed by atoms with E-state index in [4.69, 9.17) is 12.2 Å². The number of likely N-dealkylation sites (N-methyl/N-ethyl adjacent to an activating group) is 1. The molecular formula is C12H15IN4S. The van der Waals surface area contributed by atoms with Gasteiger partial charge in [-0.05, 0) is 60.3 Å². The molecule has 18 heavy (non-hydrogen) atoms. The van der Waals surface area contributed by atoms with Crippen LogP contribution in [0, 0.1) is 3.70 Å². The number of hydrogen-bond donors (Lipinski definition) is 1. The van der Waals surface area contributed by atoms with Gasteiger partial charge in [0.2, 0.25) is 0 Å². The van der Waals surface area contributed by atoms with E-state index in [1.165, 1.54) is 0 Å². The van der Waals surface area contributed by atoms with Crippen molar-refractivity contribution in [3.8, 4) is 0 Å². The highest BCUT2D eigenvalue weighted by Gasteiger charge is 2.34. The monoisotopic (exact) mass is 374 g/mol. The van der Waals surface area contributed by atoms with E-state index in [0.717, 1.165) is 21.6 Å². The fourth-order valence-electron chi connectivity index (χ4n) is 2.00. The molecule has 4 nitrogen and oxygen atoms in total. The number of thiocarbonyl (C=S) groups is 1. The number of aromatic nitrogens is 1. The van der Waals surface area contributed by atoms with Crippen LogP contribution in [0.25, 0.3) is 0 Å². The Labute approximate surface area is 126 Å². The molecule has 2 rings (SSSR count). The van der Waals surface area contributed by atoms with Gasteiger partial charge in [0.25, 0.3) is 0 Å². The molecule has 1 N–H and O–H groups in total. The highest BCUT2D eigenvalue weighted by molar-refractivity contribution is 14.1. The number of halogens is 1. The molecule has 1 aromatic rings. The van der Waals surface area contributed by atoms with E-state index in [1.807, 2.05) is 19.3 Å². The Morgan fingerprint density at radius 1 is 1.44 bits per heavy atom. The zero-order chi connectivity index (χ0) is 13.3. The summed E-state index contributed by atoms with van der Waals surface area (Å²) < 4.78 is 1.00. The zero-order valence-corrected chi connectivity index (χ0v) is 13.5. The van der Waals surface area contributed by atoms with Crippen molar-refractivity contribution < 1.29 is 0 Å². The third kappa shape index (κ3) is 2.97. The second-order valence-electron chi connectivity index (χ2n) is 4.84. The first-order chi connectivity index (χ1) is 8.38. The van der Waals surface area contributed by atoms with Gasteiger partial charge < -0.3 is 10.2 Å². The maximum absolute atomic E-state index is 5.11. The van der Waals surface area contributed by atoms with Crippen LogP contribution < -0.4 is 5.32 Å². The van der Waals surface area contributed by atoms with Crippen molar-refractivity contribution >= 4 is 45.8 Å². The number of rotatable bonds is 2. The van der Waals surface area contributed by atoms with Crippen LogP contribution in [-0.4, -0.2) is 33.4 Å². The minimum Gasteiger partial charge on any atom is -0.357 e. The zero-order valence-electron chi connectivity index (χ0n) is 10.6. The average molecular weight is 374 g/mol. The molecule has 0 bridgehead atoms. The fourth-order valence-corrected chi connectivity index (χ4v) is 2.66. The van der Waals surface area contributed by atoms with Gasteiger partial charge in [0.15, 0.2) is 5.11 Å². The Balaban J connectivity index is 2.13. The van der Waals surface area contributed by atoms with Crippen molar-refractivity contribution in [2.45, 2.75) is 25.9 Å². The summed E-state index contributed by atoms with van der Waals surface area (Å²) in [5, 5.41) is 3.75. The second kappa shape index (κ2) is 5.08. The minimum absolute atomic E-state index is 0.206. The van der Waals surface area contributed by atoms with E-state index in [2.05, 4.69) is 62.7 Å². The van der Waals surface area contributed by atoms with Crippen LogP contribution in [0.4, 0.5) is 0 Å². The highest BCUT2D eigenvalue weighted by Crippen LogP contribution is 2.17. The van der Waals surface area contributed by atoms with Crippen LogP contribution in [0.2, 0.25) is 0 Å². The molecule has 0 atom stereocenters. The molecule has 0 saturated carbocycles. The predicted molar refractivity (Wildman–Crippen MR) is 85.7 cm³/mol. The smallest absolute Gasteiger partial charge is 0.195 e. The van der Waals surface area contributed by atoms with Gasteiger partial charge in [-0.25, -0.2) is 9.98 Å². The third-order valence-corrected chi connectivity index (χ3v) is 3.59. The summed E-state index contributed by atoms with van der Waals surface area (Å²) in [6, 6.07) is 4.09. The molecule has 96 valence electrons. The number of pyridine rings is 1. The van der Waals surface area contributed by atoms with E-state index in [-0.39, 0.29) is 5.54 Å². The van der Waals surface area contributed by atoms with Gasteiger partial charge in [0, 0.05) is 19.8 Å². The summed E-state index contributed by atoms with van der Waals surface area (Å²) in [5.74, 6) is 0.964. The number of hydrogen-bond acceptors (Lipinski definition) is 3. The molecule has 0 aromatic carbocycles. The molecule has 6 heteroatoms. The maximum Gasteiger partial charge on any atom is 0.195 e. The van der Waals surface area contributed by atoms with Gasteiger partial charge in [-0.15, -0.1) is 0 Å². The molecule has 0 unspecified atom stereocenters. The summed E-state index contributed by atoms with van der Waals surface area (Å²) in [6.45, 7) is 4.93. The van der Waals surface area contributed by atoms with Crippen molar-refractivity contribution in [1.82, 2.24) is 15.2 Å². The molecule has 0 saturated heterocycles. The van der Waals surface area contributed by atoms with Crippen molar-refractivity contribution in [2.75, 3.05) is 7.05 Å². The van der Waals surface area contributed by atoms with Crippen LogP contribution >= 0.6 is 34.8 Å². The molecular weight excluding hydrogens is 359 g/mol. The lowest BCUT2D eigenvalue weighted by atomic mass is 10.0. The molecule has 0 aliphatic carbocycles. The van der Waals surface area contributed by atoms with Crippen molar-refractivity contribution in [2.24, 2.45) is 4.99 Å². The first-order valence-electron chi connectivity index (χ1n) is 5.61. The lowest BCUT2D eigenvalue weighted by Crippen LogP contribution is -2.48.